The molecule has 2 heterocycles. The summed E-state index contributed by atoms with van der Waals surface area (Å²) in [6.45, 7) is 10.7. The van der Waals surface area contributed by atoms with Crippen LogP contribution in [-0.2, 0) is 0 Å². The van der Waals surface area contributed by atoms with Gasteiger partial charge in [-0.1, -0.05) is 152 Å². The minimum absolute atomic E-state index is 0.800. The van der Waals surface area contributed by atoms with Gasteiger partial charge in [0.1, 0.15) is 5.69 Å². The van der Waals surface area contributed by atoms with Crippen LogP contribution in [0.15, 0.2) is 176 Å². The van der Waals surface area contributed by atoms with Gasteiger partial charge in [-0.25, -0.2) is 9.97 Å². The fourth-order valence-corrected chi connectivity index (χ4v) is 8.76. The number of fused-ring (bicyclic) bond motifs is 9. The van der Waals surface area contributed by atoms with Crippen molar-refractivity contribution in [1.82, 2.24) is 14.5 Å². The Labute approximate surface area is 326 Å². The second kappa shape index (κ2) is 13.3. The molecule has 0 saturated heterocycles. The van der Waals surface area contributed by atoms with Crippen LogP contribution in [0.3, 0.4) is 0 Å². The molecular weight excluding hydrogens is 679 g/mol. The van der Waals surface area contributed by atoms with E-state index in [0.717, 1.165) is 61.1 Å². The number of para-hydroxylation sites is 1. The predicted octanol–water partition coefficient (Wildman–Crippen LogP) is 14.3. The predicted molar refractivity (Wildman–Crippen MR) is 240 cm³/mol. The van der Waals surface area contributed by atoms with Crippen molar-refractivity contribution in [1.29, 1.82) is 0 Å². The number of benzene rings is 8. The molecule has 0 fully saturated rings. The van der Waals surface area contributed by atoms with Crippen molar-refractivity contribution >= 4 is 70.7 Å². The summed E-state index contributed by atoms with van der Waals surface area (Å²) in [5.41, 5.74) is 12.8. The number of hydrogen-bond donors (Lipinski definition) is 0. The number of rotatable bonds is 6. The van der Waals surface area contributed by atoms with Crippen LogP contribution in [0.5, 0.6) is 0 Å². The molecule has 0 bridgehead atoms. The summed E-state index contributed by atoms with van der Waals surface area (Å²) in [6, 6.07) is 52.4. The summed E-state index contributed by atoms with van der Waals surface area (Å²) >= 11 is 0. The summed E-state index contributed by atoms with van der Waals surface area (Å²) in [4.78, 5) is 11.2. The SMILES string of the molecule is C=C/C(=C\C=C/C)c1cccc(-c2nc3ccc4ccccc4c3nc2-n2c3ccccc3c3c4ccccc4c(-c4cc5ccccc5cc4C)c(C)c32)c1. The van der Waals surface area contributed by atoms with Gasteiger partial charge in [-0.3, -0.25) is 4.57 Å². The van der Waals surface area contributed by atoms with Crippen molar-refractivity contribution in [2.45, 2.75) is 20.8 Å². The van der Waals surface area contributed by atoms with E-state index in [1.54, 1.807) is 0 Å². The Morgan fingerprint density at radius 1 is 0.643 bits per heavy atom. The molecule has 0 N–H and O–H groups in total. The van der Waals surface area contributed by atoms with E-state index in [9.17, 15) is 0 Å². The molecule has 0 aliphatic heterocycles. The van der Waals surface area contributed by atoms with E-state index < -0.39 is 0 Å². The van der Waals surface area contributed by atoms with Crippen LogP contribution in [0.1, 0.15) is 23.6 Å². The van der Waals surface area contributed by atoms with Gasteiger partial charge in [-0.15, -0.1) is 0 Å². The van der Waals surface area contributed by atoms with Crippen LogP contribution in [0, 0.1) is 13.8 Å². The van der Waals surface area contributed by atoms with E-state index in [2.05, 4.69) is 183 Å². The van der Waals surface area contributed by atoms with Gasteiger partial charge in [0.2, 0.25) is 0 Å². The van der Waals surface area contributed by atoms with Crippen LogP contribution in [0.4, 0.5) is 0 Å². The molecule has 10 aromatic rings. The van der Waals surface area contributed by atoms with E-state index in [1.165, 1.54) is 54.6 Å². The Kier molecular flexibility index (Phi) is 7.97. The quantitative estimate of drug-likeness (QED) is 0.127. The lowest BCUT2D eigenvalue weighted by molar-refractivity contribution is 1.08. The van der Waals surface area contributed by atoms with Crippen molar-refractivity contribution < 1.29 is 0 Å². The van der Waals surface area contributed by atoms with Crippen molar-refractivity contribution in [2.24, 2.45) is 0 Å². The molecule has 0 aliphatic carbocycles. The number of hydrogen-bond acceptors (Lipinski definition) is 2. The number of aryl methyl sites for hydroxylation is 2. The number of aromatic nitrogens is 3. The second-order valence-electron chi connectivity index (χ2n) is 14.6. The van der Waals surface area contributed by atoms with Gasteiger partial charge in [-0.05, 0) is 105 Å². The van der Waals surface area contributed by atoms with E-state index in [0.29, 0.717) is 0 Å². The standard InChI is InChI=1S/C53H39N3/c1-5-7-17-35(6-2)38-21-16-22-40(31-38)50-53(55-51-41-23-11-10-18-36(41)28-29-46(51)54-50)56-47-27-15-14-26-44(47)49-43-25-13-12-24-42(43)48(34(4)52(49)56)45-32-39-20-9-8-19-37(39)30-33(45)3/h5-32H,2H2,1,3-4H3/b7-5-,35-17+. The highest BCUT2D eigenvalue weighted by Crippen LogP contribution is 2.46. The Balaban J connectivity index is 1.38. The maximum atomic E-state index is 5.70. The first kappa shape index (κ1) is 33.5. The van der Waals surface area contributed by atoms with Crippen molar-refractivity contribution in [3.63, 3.8) is 0 Å². The molecule has 3 nitrogen and oxygen atoms in total. The average Bonchev–Trinajstić information content (AvgIpc) is 3.59. The molecule has 0 radical (unpaired) electrons. The van der Waals surface area contributed by atoms with E-state index >= 15 is 0 Å². The van der Waals surface area contributed by atoms with E-state index in [1.807, 2.05) is 19.1 Å². The molecule has 266 valence electrons. The van der Waals surface area contributed by atoms with Gasteiger partial charge in [0.05, 0.1) is 22.1 Å². The molecule has 0 saturated carbocycles. The number of allylic oxidation sites excluding steroid dienone is 5. The summed E-state index contributed by atoms with van der Waals surface area (Å²) in [7, 11) is 0. The molecule has 3 heteroatoms. The van der Waals surface area contributed by atoms with E-state index in [-0.39, 0.29) is 0 Å². The fourth-order valence-electron chi connectivity index (χ4n) is 8.76. The minimum Gasteiger partial charge on any atom is -0.292 e. The monoisotopic (exact) mass is 717 g/mol. The topological polar surface area (TPSA) is 30.7 Å². The zero-order chi connectivity index (χ0) is 37.9. The first-order valence-electron chi connectivity index (χ1n) is 19.2. The summed E-state index contributed by atoms with van der Waals surface area (Å²) in [6.07, 6.45) is 8.10. The molecule has 0 unspecified atom stereocenters. The van der Waals surface area contributed by atoms with Crippen LogP contribution >= 0.6 is 0 Å². The lowest BCUT2D eigenvalue weighted by Gasteiger charge is -2.19. The zero-order valence-electron chi connectivity index (χ0n) is 31.7. The molecular formula is C53H39N3. The molecule has 0 amide bonds. The lowest BCUT2D eigenvalue weighted by Crippen LogP contribution is -2.05. The van der Waals surface area contributed by atoms with Gasteiger partial charge >= 0.3 is 0 Å². The zero-order valence-corrected chi connectivity index (χ0v) is 31.7. The molecule has 0 spiro atoms. The molecule has 2 aromatic heterocycles. The van der Waals surface area contributed by atoms with Crippen LogP contribution in [0.25, 0.3) is 98.9 Å². The Bertz CT molecular complexity index is 3300. The maximum Gasteiger partial charge on any atom is 0.165 e. The Morgan fingerprint density at radius 3 is 2.12 bits per heavy atom. The smallest absolute Gasteiger partial charge is 0.165 e. The van der Waals surface area contributed by atoms with Gasteiger partial charge < -0.3 is 0 Å². The maximum absolute atomic E-state index is 5.70. The van der Waals surface area contributed by atoms with Crippen molar-refractivity contribution in [3.05, 3.63) is 193 Å². The van der Waals surface area contributed by atoms with Crippen LogP contribution in [0.2, 0.25) is 0 Å². The molecule has 8 aromatic carbocycles. The summed E-state index contributed by atoms with van der Waals surface area (Å²) < 4.78 is 2.40. The normalized spacial score (nSPS) is 12.3. The van der Waals surface area contributed by atoms with Gasteiger partial charge in [0.15, 0.2) is 5.82 Å². The van der Waals surface area contributed by atoms with E-state index in [4.69, 9.17) is 9.97 Å². The van der Waals surface area contributed by atoms with Crippen molar-refractivity contribution in [2.75, 3.05) is 0 Å². The van der Waals surface area contributed by atoms with Gasteiger partial charge in [0.25, 0.3) is 0 Å². The van der Waals surface area contributed by atoms with Crippen molar-refractivity contribution in [3.8, 4) is 28.2 Å². The third-order valence-corrected chi connectivity index (χ3v) is 11.3. The first-order valence-corrected chi connectivity index (χ1v) is 19.2. The third kappa shape index (κ3) is 5.20. The first-order chi connectivity index (χ1) is 27.5. The highest BCUT2D eigenvalue weighted by atomic mass is 15.1. The highest BCUT2D eigenvalue weighted by Gasteiger charge is 2.25. The molecule has 56 heavy (non-hydrogen) atoms. The highest BCUT2D eigenvalue weighted by molar-refractivity contribution is 6.26. The Morgan fingerprint density at radius 2 is 1.34 bits per heavy atom. The van der Waals surface area contributed by atoms with Gasteiger partial charge in [0, 0.05) is 21.7 Å². The minimum atomic E-state index is 0.800. The second-order valence-corrected chi connectivity index (χ2v) is 14.6. The fraction of sp³-hybridized carbons (Fsp3) is 0.0566. The largest absolute Gasteiger partial charge is 0.292 e. The summed E-state index contributed by atoms with van der Waals surface area (Å²) in [5.74, 6) is 0.800. The molecule has 0 aliphatic rings. The van der Waals surface area contributed by atoms with Crippen LogP contribution in [-0.4, -0.2) is 14.5 Å². The average molecular weight is 718 g/mol. The molecule has 10 rings (SSSR count). The van der Waals surface area contributed by atoms with Crippen LogP contribution < -0.4 is 0 Å². The number of nitrogens with zero attached hydrogens (tertiary/aromatic N) is 3. The Hall–Kier alpha value is -7.10. The molecule has 0 atom stereocenters. The third-order valence-electron chi connectivity index (χ3n) is 11.3. The summed E-state index contributed by atoms with van der Waals surface area (Å²) in [5, 5.41) is 9.57. The lowest BCUT2D eigenvalue weighted by atomic mass is 9.87. The van der Waals surface area contributed by atoms with Gasteiger partial charge in [-0.2, -0.15) is 0 Å².